The van der Waals surface area contributed by atoms with Crippen molar-refractivity contribution < 1.29 is 13.9 Å². The standard InChI is InChI=1S/C16H24FN3O2/c1-16(2,3)22-15(21)20-12-6-4-11(5-7-12)19-13-8-9-14(17)18-10-13/h8-12,19H,4-7H2,1-3H3,(H,20,21). The van der Waals surface area contributed by atoms with Crippen LogP contribution in [-0.2, 0) is 4.74 Å². The predicted octanol–water partition coefficient (Wildman–Crippen LogP) is 3.47. The summed E-state index contributed by atoms with van der Waals surface area (Å²) in [5.41, 5.74) is 0.350. The van der Waals surface area contributed by atoms with E-state index in [-0.39, 0.29) is 12.1 Å². The Morgan fingerprint density at radius 2 is 1.86 bits per heavy atom. The first-order chi connectivity index (χ1) is 10.3. The molecule has 1 saturated carbocycles. The van der Waals surface area contributed by atoms with E-state index in [1.807, 2.05) is 20.8 Å². The van der Waals surface area contributed by atoms with E-state index in [4.69, 9.17) is 4.74 Å². The number of nitrogens with zero attached hydrogens (tertiary/aromatic N) is 1. The zero-order chi connectivity index (χ0) is 16.2. The van der Waals surface area contributed by atoms with Gasteiger partial charge in [-0.2, -0.15) is 4.39 Å². The summed E-state index contributed by atoms with van der Waals surface area (Å²) in [7, 11) is 0. The van der Waals surface area contributed by atoms with Crippen LogP contribution in [0.2, 0.25) is 0 Å². The topological polar surface area (TPSA) is 63.2 Å². The van der Waals surface area contributed by atoms with E-state index in [1.54, 1.807) is 6.07 Å². The molecular weight excluding hydrogens is 285 g/mol. The van der Waals surface area contributed by atoms with Crippen molar-refractivity contribution in [1.29, 1.82) is 0 Å². The maximum Gasteiger partial charge on any atom is 0.407 e. The number of alkyl carbamates (subject to hydrolysis) is 1. The molecule has 1 fully saturated rings. The van der Waals surface area contributed by atoms with Crippen molar-refractivity contribution in [3.8, 4) is 0 Å². The first kappa shape index (κ1) is 16.5. The fourth-order valence-corrected chi connectivity index (χ4v) is 2.55. The van der Waals surface area contributed by atoms with Crippen molar-refractivity contribution in [2.75, 3.05) is 5.32 Å². The summed E-state index contributed by atoms with van der Waals surface area (Å²) in [4.78, 5) is 15.4. The Bertz CT molecular complexity index is 491. The van der Waals surface area contributed by atoms with E-state index in [2.05, 4.69) is 15.6 Å². The molecule has 0 aliphatic heterocycles. The third-order valence-corrected chi connectivity index (χ3v) is 3.55. The van der Waals surface area contributed by atoms with E-state index in [0.717, 1.165) is 31.4 Å². The van der Waals surface area contributed by atoms with Gasteiger partial charge in [0.05, 0.1) is 11.9 Å². The Kier molecular flexibility index (Phi) is 5.21. The molecule has 1 aliphatic rings. The minimum absolute atomic E-state index is 0.152. The highest BCUT2D eigenvalue weighted by Crippen LogP contribution is 2.22. The average molecular weight is 309 g/mol. The van der Waals surface area contributed by atoms with Crippen LogP contribution in [0.4, 0.5) is 14.9 Å². The van der Waals surface area contributed by atoms with Crippen LogP contribution < -0.4 is 10.6 Å². The molecule has 0 radical (unpaired) electrons. The zero-order valence-corrected chi connectivity index (χ0v) is 13.4. The quantitative estimate of drug-likeness (QED) is 0.839. The van der Waals surface area contributed by atoms with Crippen LogP contribution in [0.3, 0.4) is 0 Å². The molecule has 0 bridgehead atoms. The third kappa shape index (κ3) is 5.50. The number of hydrogen-bond donors (Lipinski definition) is 2. The Labute approximate surface area is 130 Å². The monoisotopic (exact) mass is 309 g/mol. The minimum atomic E-state index is -0.476. The Morgan fingerprint density at radius 1 is 1.23 bits per heavy atom. The van der Waals surface area contributed by atoms with E-state index >= 15 is 0 Å². The Morgan fingerprint density at radius 3 is 2.41 bits per heavy atom. The van der Waals surface area contributed by atoms with Crippen LogP contribution in [0.5, 0.6) is 0 Å². The molecule has 0 atom stereocenters. The smallest absolute Gasteiger partial charge is 0.407 e. The maximum atomic E-state index is 12.8. The van der Waals surface area contributed by atoms with Crippen molar-refractivity contribution in [2.45, 2.75) is 64.1 Å². The molecular formula is C16H24FN3O2. The summed E-state index contributed by atoms with van der Waals surface area (Å²) in [5.74, 6) is -0.476. The average Bonchev–Trinajstić information content (AvgIpc) is 2.41. The second-order valence-corrected chi connectivity index (χ2v) is 6.71. The molecule has 1 amide bonds. The van der Waals surface area contributed by atoms with Gasteiger partial charge in [-0.3, -0.25) is 0 Å². The summed E-state index contributed by atoms with van der Waals surface area (Å²) in [6.07, 6.45) is 4.82. The summed E-state index contributed by atoms with van der Waals surface area (Å²) in [6.45, 7) is 5.55. The highest BCUT2D eigenvalue weighted by Gasteiger charge is 2.24. The normalized spacial score (nSPS) is 22.0. The number of halogens is 1. The first-order valence-electron chi connectivity index (χ1n) is 7.69. The molecule has 1 heterocycles. The number of ether oxygens (including phenoxy) is 1. The molecule has 1 aromatic heterocycles. The number of carbonyl (C=O) groups excluding carboxylic acids is 1. The number of rotatable bonds is 3. The van der Waals surface area contributed by atoms with Gasteiger partial charge in [-0.15, -0.1) is 0 Å². The van der Waals surface area contributed by atoms with Gasteiger partial charge in [0.2, 0.25) is 5.95 Å². The zero-order valence-electron chi connectivity index (χ0n) is 13.4. The summed E-state index contributed by atoms with van der Waals surface area (Å²) in [6, 6.07) is 3.51. The first-order valence-corrected chi connectivity index (χ1v) is 7.69. The number of pyridine rings is 1. The molecule has 2 rings (SSSR count). The Hall–Kier alpha value is -1.85. The van der Waals surface area contributed by atoms with Crippen molar-refractivity contribution in [3.63, 3.8) is 0 Å². The molecule has 1 aliphatic carbocycles. The van der Waals surface area contributed by atoms with E-state index < -0.39 is 11.5 Å². The van der Waals surface area contributed by atoms with Gasteiger partial charge < -0.3 is 15.4 Å². The van der Waals surface area contributed by atoms with Crippen LogP contribution in [0, 0.1) is 5.95 Å². The number of aromatic nitrogens is 1. The SMILES string of the molecule is CC(C)(C)OC(=O)NC1CCC(Nc2ccc(F)nc2)CC1. The number of carbonyl (C=O) groups is 1. The van der Waals surface area contributed by atoms with Crippen molar-refractivity contribution in [3.05, 3.63) is 24.3 Å². The summed E-state index contributed by atoms with van der Waals surface area (Å²) in [5, 5.41) is 6.26. The number of amides is 1. The molecule has 0 aromatic carbocycles. The Balaban J connectivity index is 1.73. The highest BCUT2D eigenvalue weighted by atomic mass is 19.1. The molecule has 1 aromatic rings. The minimum Gasteiger partial charge on any atom is -0.444 e. The molecule has 0 spiro atoms. The summed E-state index contributed by atoms with van der Waals surface area (Å²) < 4.78 is 18.0. The van der Waals surface area contributed by atoms with Gasteiger partial charge >= 0.3 is 6.09 Å². The van der Waals surface area contributed by atoms with Crippen molar-refractivity contribution in [1.82, 2.24) is 10.3 Å². The molecule has 22 heavy (non-hydrogen) atoms. The lowest BCUT2D eigenvalue weighted by Gasteiger charge is -2.31. The fourth-order valence-electron chi connectivity index (χ4n) is 2.55. The van der Waals surface area contributed by atoms with Crippen LogP contribution in [0.15, 0.2) is 18.3 Å². The van der Waals surface area contributed by atoms with Gasteiger partial charge in [0, 0.05) is 12.1 Å². The molecule has 5 nitrogen and oxygen atoms in total. The van der Waals surface area contributed by atoms with Gasteiger partial charge in [0.15, 0.2) is 0 Å². The molecule has 2 N–H and O–H groups in total. The fraction of sp³-hybridized carbons (Fsp3) is 0.625. The largest absolute Gasteiger partial charge is 0.444 e. The number of hydrogen-bond acceptors (Lipinski definition) is 4. The second kappa shape index (κ2) is 6.94. The van der Waals surface area contributed by atoms with E-state index in [0.29, 0.717) is 6.04 Å². The van der Waals surface area contributed by atoms with Crippen LogP contribution in [0.1, 0.15) is 46.5 Å². The molecule has 6 heteroatoms. The number of nitrogens with one attached hydrogen (secondary N) is 2. The van der Waals surface area contributed by atoms with Gasteiger partial charge in [0.25, 0.3) is 0 Å². The van der Waals surface area contributed by atoms with Crippen molar-refractivity contribution >= 4 is 11.8 Å². The molecule has 122 valence electrons. The lowest BCUT2D eigenvalue weighted by atomic mass is 9.91. The lowest BCUT2D eigenvalue weighted by molar-refractivity contribution is 0.0492. The maximum absolute atomic E-state index is 12.8. The number of anilines is 1. The lowest BCUT2D eigenvalue weighted by Crippen LogP contribution is -2.42. The van der Waals surface area contributed by atoms with Gasteiger partial charge in [0.1, 0.15) is 5.60 Å². The van der Waals surface area contributed by atoms with Crippen LogP contribution >= 0.6 is 0 Å². The van der Waals surface area contributed by atoms with Crippen molar-refractivity contribution in [2.24, 2.45) is 0 Å². The second-order valence-electron chi connectivity index (χ2n) is 6.71. The van der Waals surface area contributed by atoms with Crippen LogP contribution in [-0.4, -0.2) is 28.8 Å². The van der Waals surface area contributed by atoms with E-state index in [1.165, 1.54) is 12.3 Å². The van der Waals surface area contributed by atoms with Crippen LogP contribution in [0.25, 0.3) is 0 Å². The molecule has 0 unspecified atom stereocenters. The highest BCUT2D eigenvalue weighted by molar-refractivity contribution is 5.68. The van der Waals surface area contributed by atoms with Gasteiger partial charge in [-0.05, 0) is 58.6 Å². The van der Waals surface area contributed by atoms with Gasteiger partial charge in [-0.1, -0.05) is 0 Å². The third-order valence-electron chi connectivity index (χ3n) is 3.55. The summed E-state index contributed by atoms with van der Waals surface area (Å²) >= 11 is 0. The molecule has 0 saturated heterocycles. The van der Waals surface area contributed by atoms with Gasteiger partial charge in [-0.25, -0.2) is 9.78 Å². The predicted molar refractivity (Wildman–Crippen MR) is 83.2 cm³/mol. The van der Waals surface area contributed by atoms with E-state index in [9.17, 15) is 9.18 Å².